The number of carbonyl (C=O) groups is 1. The van der Waals surface area contributed by atoms with Crippen LogP contribution in [0.2, 0.25) is 0 Å². The molecule has 11 heteroatoms. The van der Waals surface area contributed by atoms with Crippen molar-refractivity contribution in [2.45, 2.75) is 38.0 Å². The van der Waals surface area contributed by atoms with E-state index in [1.54, 1.807) is 52.9 Å². The summed E-state index contributed by atoms with van der Waals surface area (Å²) in [5.41, 5.74) is -1.66. The van der Waals surface area contributed by atoms with Gasteiger partial charge in [-0.15, -0.1) is 0 Å². The zero-order valence-corrected chi connectivity index (χ0v) is 16.5. The molecule has 0 N–H and O–H groups in total. The topological polar surface area (TPSA) is 29.5 Å². The fourth-order valence-corrected chi connectivity index (χ4v) is 3.64. The van der Waals surface area contributed by atoms with Gasteiger partial charge in [0.1, 0.15) is 6.61 Å². The van der Waals surface area contributed by atoms with Crippen molar-refractivity contribution in [3.63, 3.8) is 0 Å². The Kier molecular flexibility index (Phi) is 6.39. The van der Waals surface area contributed by atoms with Crippen molar-refractivity contribution in [3.8, 4) is 0 Å². The number of hydrogen-bond donors (Lipinski definition) is 0. The van der Waals surface area contributed by atoms with Crippen LogP contribution in [0.25, 0.3) is 0 Å². The van der Waals surface area contributed by atoms with Gasteiger partial charge in [-0.05, 0) is 22.1 Å². The highest BCUT2D eigenvalue weighted by Gasteiger charge is 2.74. The van der Waals surface area contributed by atoms with Gasteiger partial charge < -0.3 is 0 Å². The largest absolute Gasteiger partial charge is 0.459 e. The highest BCUT2D eigenvalue weighted by atomic mass is 127. The zero-order valence-electron chi connectivity index (χ0n) is 14.4. The summed E-state index contributed by atoms with van der Waals surface area (Å²) in [6.07, 6.45) is -8.46. The molecule has 1 amide bonds. The third-order valence-corrected chi connectivity index (χ3v) is 5.23. The molecular formula is C17H15F7INO2. The Bertz CT molecular complexity index is 752. The second kappa shape index (κ2) is 7.81. The number of rotatable bonds is 6. The van der Waals surface area contributed by atoms with E-state index in [9.17, 15) is 35.5 Å². The Labute approximate surface area is 169 Å². The smallest absolute Gasteiger partial charge is 0.272 e. The SMILES string of the molecule is C[C@@]1(CC(F)(F)C(F)(F)C(F)(F)F)C(=O)N(OCc2ccccc2)C/C1=C/I. The van der Waals surface area contributed by atoms with Crippen LogP contribution in [0.15, 0.2) is 40.0 Å². The van der Waals surface area contributed by atoms with Crippen LogP contribution in [0.5, 0.6) is 0 Å². The number of carbonyl (C=O) groups excluding carboxylic acids is 1. The van der Waals surface area contributed by atoms with Crippen LogP contribution in [0.1, 0.15) is 18.9 Å². The summed E-state index contributed by atoms with van der Waals surface area (Å²) < 4.78 is 93.0. The van der Waals surface area contributed by atoms with Crippen molar-refractivity contribution in [1.82, 2.24) is 5.06 Å². The van der Waals surface area contributed by atoms with Crippen LogP contribution in [-0.4, -0.2) is 35.5 Å². The third-order valence-electron chi connectivity index (χ3n) is 4.47. The highest BCUT2D eigenvalue weighted by Crippen LogP contribution is 2.54. The predicted octanol–water partition coefficient (Wildman–Crippen LogP) is 5.51. The summed E-state index contributed by atoms with van der Waals surface area (Å²) in [7, 11) is 0. The van der Waals surface area contributed by atoms with Gasteiger partial charge in [0.2, 0.25) is 0 Å². The fraction of sp³-hybridized carbons (Fsp3) is 0.471. The molecule has 28 heavy (non-hydrogen) atoms. The Balaban J connectivity index is 2.23. The van der Waals surface area contributed by atoms with Gasteiger partial charge in [-0.2, -0.15) is 30.7 Å². The van der Waals surface area contributed by atoms with Crippen LogP contribution in [0.4, 0.5) is 30.7 Å². The molecule has 156 valence electrons. The number of hydrogen-bond acceptors (Lipinski definition) is 2. The van der Waals surface area contributed by atoms with Crippen molar-refractivity contribution >= 4 is 28.5 Å². The summed E-state index contributed by atoms with van der Waals surface area (Å²) in [6, 6.07) is 8.48. The number of halogens is 8. The number of alkyl halides is 7. The molecule has 0 radical (unpaired) electrons. The standard InChI is InChI=1S/C17H15F7INO2/c1-14(10-15(18,19)16(20,21)17(22,23)24)12(7-25)8-26(13(14)27)28-9-11-5-3-2-4-6-11/h2-7H,8-10H2,1H3/b12-7-/t14-/m0/s1. The Morgan fingerprint density at radius 3 is 2.21 bits per heavy atom. The molecule has 1 saturated heterocycles. The first-order valence-corrected chi connectivity index (χ1v) is 9.12. The van der Waals surface area contributed by atoms with E-state index in [0.29, 0.717) is 10.6 Å². The molecule has 3 nitrogen and oxygen atoms in total. The summed E-state index contributed by atoms with van der Waals surface area (Å²) in [5.74, 6) is -12.9. The summed E-state index contributed by atoms with van der Waals surface area (Å²) >= 11 is 1.61. The summed E-state index contributed by atoms with van der Waals surface area (Å²) in [6.45, 7) is 0.483. The minimum absolute atomic E-state index is 0.0381. The molecule has 1 fully saturated rings. The average Bonchev–Trinajstić information content (AvgIpc) is 2.83. The first kappa shape index (κ1) is 22.9. The van der Waals surface area contributed by atoms with Crippen molar-refractivity contribution in [1.29, 1.82) is 0 Å². The first-order valence-electron chi connectivity index (χ1n) is 7.87. The molecule has 0 saturated carbocycles. The lowest BCUT2D eigenvalue weighted by molar-refractivity contribution is -0.358. The monoisotopic (exact) mass is 525 g/mol. The Hall–Kier alpha value is -1.37. The molecule has 1 atom stereocenters. The quantitative estimate of drug-likeness (QED) is 0.363. The highest BCUT2D eigenvalue weighted by molar-refractivity contribution is 14.1. The molecule has 2 rings (SSSR count). The van der Waals surface area contributed by atoms with E-state index in [1.165, 1.54) is 4.08 Å². The van der Waals surface area contributed by atoms with Crippen LogP contribution in [-0.2, 0) is 16.2 Å². The van der Waals surface area contributed by atoms with E-state index in [4.69, 9.17) is 4.84 Å². The third kappa shape index (κ3) is 4.14. The maximum Gasteiger partial charge on any atom is 0.459 e. The maximum absolute atomic E-state index is 13.9. The fourth-order valence-electron chi connectivity index (χ4n) is 2.75. The van der Waals surface area contributed by atoms with Gasteiger partial charge >= 0.3 is 18.0 Å². The molecule has 0 aliphatic carbocycles. The summed E-state index contributed by atoms with van der Waals surface area (Å²) in [4.78, 5) is 17.9. The van der Waals surface area contributed by atoms with Crippen LogP contribution in [0.3, 0.4) is 0 Å². The van der Waals surface area contributed by atoms with Gasteiger partial charge in [-0.3, -0.25) is 9.63 Å². The second-order valence-electron chi connectivity index (χ2n) is 6.52. The van der Waals surface area contributed by atoms with Gasteiger partial charge in [0.15, 0.2) is 0 Å². The van der Waals surface area contributed by atoms with E-state index in [0.717, 1.165) is 6.92 Å². The molecule has 0 unspecified atom stereocenters. The molecule has 1 aromatic carbocycles. The molecular weight excluding hydrogens is 510 g/mol. The molecule has 0 spiro atoms. The van der Waals surface area contributed by atoms with Crippen molar-refractivity contribution in [2.75, 3.05) is 6.54 Å². The van der Waals surface area contributed by atoms with Crippen molar-refractivity contribution < 1.29 is 40.4 Å². The van der Waals surface area contributed by atoms with E-state index < -0.39 is 35.8 Å². The van der Waals surface area contributed by atoms with Crippen LogP contribution in [0, 0.1) is 5.41 Å². The average molecular weight is 525 g/mol. The Morgan fingerprint density at radius 2 is 1.71 bits per heavy atom. The number of nitrogens with zero attached hydrogens (tertiary/aromatic N) is 1. The summed E-state index contributed by atoms with van der Waals surface area (Å²) in [5, 5.41) is 0.708. The van der Waals surface area contributed by atoms with Crippen molar-refractivity contribution in [2.24, 2.45) is 5.41 Å². The van der Waals surface area contributed by atoms with E-state index >= 15 is 0 Å². The number of amides is 1. The minimum atomic E-state index is -6.45. The van der Waals surface area contributed by atoms with Crippen LogP contribution < -0.4 is 0 Å². The molecule has 0 aromatic heterocycles. The minimum Gasteiger partial charge on any atom is -0.272 e. The van der Waals surface area contributed by atoms with Crippen LogP contribution >= 0.6 is 22.6 Å². The van der Waals surface area contributed by atoms with E-state index in [-0.39, 0.29) is 18.7 Å². The molecule has 1 aliphatic rings. The normalized spacial score (nSPS) is 23.0. The molecule has 1 aromatic rings. The maximum atomic E-state index is 13.9. The lowest BCUT2D eigenvalue weighted by atomic mass is 9.78. The number of benzene rings is 1. The molecule has 1 aliphatic heterocycles. The van der Waals surface area contributed by atoms with Gasteiger partial charge in [0, 0.05) is 6.42 Å². The molecule has 1 heterocycles. The predicted molar refractivity (Wildman–Crippen MR) is 93.7 cm³/mol. The van der Waals surface area contributed by atoms with Gasteiger partial charge in [0.05, 0.1) is 12.0 Å². The van der Waals surface area contributed by atoms with Crippen molar-refractivity contribution in [3.05, 3.63) is 45.6 Å². The first-order chi connectivity index (χ1) is 12.8. The lowest BCUT2D eigenvalue weighted by Crippen LogP contribution is -2.54. The van der Waals surface area contributed by atoms with Gasteiger partial charge in [0.25, 0.3) is 5.91 Å². The van der Waals surface area contributed by atoms with E-state index in [1.807, 2.05) is 0 Å². The Morgan fingerprint density at radius 1 is 1.14 bits per heavy atom. The van der Waals surface area contributed by atoms with Gasteiger partial charge in [-0.1, -0.05) is 52.9 Å². The van der Waals surface area contributed by atoms with Gasteiger partial charge in [-0.25, -0.2) is 5.06 Å². The lowest BCUT2D eigenvalue weighted by Gasteiger charge is -2.33. The van der Waals surface area contributed by atoms with E-state index in [2.05, 4.69) is 0 Å². The second-order valence-corrected chi connectivity index (χ2v) is 7.14. The zero-order chi connectivity index (χ0) is 21.4. The molecule has 0 bridgehead atoms. The number of hydroxylamine groups is 2.